The molecule has 0 amide bonds. The number of nitrogens with zero attached hydrogens (tertiary/aromatic N) is 3. The summed E-state index contributed by atoms with van der Waals surface area (Å²) in [5.74, 6) is 0.449. The smallest absolute Gasteiger partial charge is 0.182 e. The Hall–Kier alpha value is -3.15. The van der Waals surface area contributed by atoms with Gasteiger partial charge in [0.05, 0.1) is 5.69 Å². The molecule has 0 saturated carbocycles. The standard InChI is InChI=1S/C21H23N3O3/c1-5-19(24(4)14(2)3)15-7-6-10-22-18(15)12-26-20-9-8-17-21(16(20)11-25)27-13-23-17/h5-11,13-14H,12H2,1-4H3/b19-5-. The Labute approximate surface area is 158 Å². The number of allylic oxidation sites excluding steroid dienone is 1. The van der Waals surface area contributed by atoms with Gasteiger partial charge < -0.3 is 14.1 Å². The van der Waals surface area contributed by atoms with Gasteiger partial charge >= 0.3 is 0 Å². The van der Waals surface area contributed by atoms with Gasteiger partial charge in [-0.1, -0.05) is 6.08 Å². The number of hydrogen-bond donors (Lipinski definition) is 0. The second-order valence-electron chi connectivity index (χ2n) is 6.46. The molecule has 6 nitrogen and oxygen atoms in total. The van der Waals surface area contributed by atoms with E-state index in [0.29, 0.717) is 28.5 Å². The van der Waals surface area contributed by atoms with E-state index >= 15 is 0 Å². The van der Waals surface area contributed by atoms with E-state index in [1.54, 1.807) is 18.3 Å². The van der Waals surface area contributed by atoms with E-state index in [4.69, 9.17) is 9.15 Å². The van der Waals surface area contributed by atoms with E-state index in [-0.39, 0.29) is 6.61 Å². The number of aldehydes is 1. The highest BCUT2D eigenvalue weighted by molar-refractivity contribution is 5.96. The number of carbonyl (C=O) groups is 1. The molecule has 2 heterocycles. The molecule has 140 valence electrons. The summed E-state index contributed by atoms with van der Waals surface area (Å²) in [6.45, 7) is 6.52. The second-order valence-corrected chi connectivity index (χ2v) is 6.46. The average molecular weight is 365 g/mol. The van der Waals surface area contributed by atoms with Crippen molar-refractivity contribution < 1.29 is 13.9 Å². The molecule has 0 unspecified atom stereocenters. The zero-order valence-electron chi connectivity index (χ0n) is 16.0. The van der Waals surface area contributed by atoms with Crippen LogP contribution in [0.1, 0.15) is 42.4 Å². The maximum atomic E-state index is 11.5. The number of pyridine rings is 1. The van der Waals surface area contributed by atoms with Crippen LogP contribution in [-0.4, -0.2) is 34.2 Å². The maximum absolute atomic E-state index is 11.5. The molecule has 2 aromatic heterocycles. The zero-order valence-corrected chi connectivity index (χ0v) is 16.0. The van der Waals surface area contributed by atoms with Gasteiger partial charge in [-0.05, 0) is 45.0 Å². The predicted octanol–water partition coefficient (Wildman–Crippen LogP) is 4.32. The molecule has 3 rings (SSSR count). The van der Waals surface area contributed by atoms with E-state index in [1.165, 1.54) is 6.39 Å². The highest BCUT2D eigenvalue weighted by Crippen LogP contribution is 2.28. The van der Waals surface area contributed by atoms with Gasteiger partial charge in [-0.2, -0.15) is 0 Å². The van der Waals surface area contributed by atoms with Gasteiger partial charge in [0, 0.05) is 30.5 Å². The average Bonchev–Trinajstić information content (AvgIpc) is 3.16. The van der Waals surface area contributed by atoms with Crippen molar-refractivity contribution >= 4 is 23.1 Å². The van der Waals surface area contributed by atoms with Crippen molar-refractivity contribution in [2.24, 2.45) is 0 Å². The summed E-state index contributed by atoms with van der Waals surface area (Å²) >= 11 is 0. The van der Waals surface area contributed by atoms with Crippen molar-refractivity contribution in [2.45, 2.75) is 33.4 Å². The quantitative estimate of drug-likeness (QED) is 0.581. The van der Waals surface area contributed by atoms with Crippen molar-refractivity contribution in [1.29, 1.82) is 0 Å². The molecule has 0 aliphatic rings. The maximum Gasteiger partial charge on any atom is 0.182 e. The number of carbonyl (C=O) groups excluding carboxylic acids is 1. The highest BCUT2D eigenvalue weighted by atomic mass is 16.5. The minimum absolute atomic E-state index is 0.236. The molecule has 1 aromatic carbocycles. The first kappa shape index (κ1) is 18.6. The molecule has 0 fully saturated rings. The number of ether oxygens (including phenoxy) is 1. The van der Waals surface area contributed by atoms with Gasteiger partial charge in [-0.3, -0.25) is 9.78 Å². The lowest BCUT2D eigenvalue weighted by molar-refractivity contribution is 0.111. The van der Waals surface area contributed by atoms with E-state index in [2.05, 4.69) is 41.8 Å². The summed E-state index contributed by atoms with van der Waals surface area (Å²) in [6, 6.07) is 7.78. The summed E-state index contributed by atoms with van der Waals surface area (Å²) in [6.07, 6.45) is 5.85. The van der Waals surface area contributed by atoms with Crippen LogP contribution in [-0.2, 0) is 6.61 Å². The lowest BCUT2D eigenvalue weighted by atomic mass is 10.1. The van der Waals surface area contributed by atoms with Gasteiger partial charge in [0.2, 0.25) is 0 Å². The Morgan fingerprint density at radius 2 is 2.11 bits per heavy atom. The van der Waals surface area contributed by atoms with Crippen LogP contribution in [0.15, 0.2) is 47.3 Å². The van der Waals surface area contributed by atoms with Crippen molar-refractivity contribution in [3.05, 3.63) is 59.8 Å². The number of fused-ring (bicyclic) bond motifs is 1. The van der Waals surface area contributed by atoms with Gasteiger partial charge in [0.1, 0.15) is 23.4 Å². The first-order valence-corrected chi connectivity index (χ1v) is 8.84. The number of aromatic nitrogens is 2. The topological polar surface area (TPSA) is 68.5 Å². The Bertz CT molecular complexity index is 976. The summed E-state index contributed by atoms with van der Waals surface area (Å²) < 4.78 is 11.3. The van der Waals surface area contributed by atoms with Crippen LogP contribution in [0.25, 0.3) is 16.8 Å². The molecule has 27 heavy (non-hydrogen) atoms. The molecule has 6 heteroatoms. The molecule has 0 radical (unpaired) electrons. The molecular formula is C21H23N3O3. The summed E-state index contributed by atoms with van der Waals surface area (Å²) in [4.78, 5) is 22.3. The van der Waals surface area contributed by atoms with E-state index in [9.17, 15) is 4.79 Å². The minimum atomic E-state index is 0.236. The summed E-state index contributed by atoms with van der Waals surface area (Å²) in [5, 5.41) is 0. The molecule has 0 aliphatic heterocycles. The van der Waals surface area contributed by atoms with Crippen LogP contribution in [0.3, 0.4) is 0 Å². The Kier molecular flexibility index (Phi) is 5.54. The largest absolute Gasteiger partial charge is 0.486 e. The second kappa shape index (κ2) is 8.03. The third kappa shape index (κ3) is 3.69. The fourth-order valence-electron chi connectivity index (χ4n) is 2.93. The van der Waals surface area contributed by atoms with E-state index in [1.807, 2.05) is 19.1 Å². The van der Waals surface area contributed by atoms with Crippen LogP contribution in [0.4, 0.5) is 0 Å². The molecule has 0 N–H and O–H groups in total. The van der Waals surface area contributed by atoms with Gasteiger partial charge in [-0.25, -0.2) is 4.98 Å². The fraction of sp³-hybridized carbons (Fsp3) is 0.286. The van der Waals surface area contributed by atoms with Gasteiger partial charge in [0.25, 0.3) is 0 Å². The van der Waals surface area contributed by atoms with Crippen LogP contribution in [0.2, 0.25) is 0 Å². The lowest BCUT2D eigenvalue weighted by Crippen LogP contribution is -2.25. The summed E-state index contributed by atoms with van der Waals surface area (Å²) in [5.41, 5.74) is 4.29. The third-order valence-corrected chi connectivity index (χ3v) is 4.57. The van der Waals surface area contributed by atoms with Crippen LogP contribution in [0, 0.1) is 0 Å². The number of oxazole rings is 1. The molecule has 0 atom stereocenters. The van der Waals surface area contributed by atoms with Crippen molar-refractivity contribution in [1.82, 2.24) is 14.9 Å². The van der Waals surface area contributed by atoms with Gasteiger partial charge in [-0.15, -0.1) is 0 Å². The SMILES string of the molecule is C/C=C(/c1cccnc1COc1ccc2ncoc2c1C=O)N(C)C(C)C. The number of hydrogen-bond acceptors (Lipinski definition) is 6. The molecule has 0 aliphatic carbocycles. The van der Waals surface area contributed by atoms with Crippen molar-refractivity contribution in [2.75, 3.05) is 7.05 Å². The monoisotopic (exact) mass is 365 g/mol. The predicted molar refractivity (Wildman–Crippen MR) is 105 cm³/mol. The fourth-order valence-corrected chi connectivity index (χ4v) is 2.93. The van der Waals surface area contributed by atoms with Crippen molar-refractivity contribution in [3.8, 4) is 5.75 Å². The lowest BCUT2D eigenvalue weighted by Gasteiger charge is -2.28. The highest BCUT2D eigenvalue weighted by Gasteiger charge is 2.16. The minimum Gasteiger partial charge on any atom is -0.486 e. The van der Waals surface area contributed by atoms with E-state index in [0.717, 1.165) is 23.2 Å². The van der Waals surface area contributed by atoms with Gasteiger partial charge in [0.15, 0.2) is 18.3 Å². The first-order chi connectivity index (χ1) is 13.1. The third-order valence-electron chi connectivity index (χ3n) is 4.57. The Balaban J connectivity index is 1.91. The van der Waals surface area contributed by atoms with Crippen LogP contribution < -0.4 is 4.74 Å². The molecular weight excluding hydrogens is 342 g/mol. The van der Waals surface area contributed by atoms with Crippen molar-refractivity contribution in [3.63, 3.8) is 0 Å². The summed E-state index contributed by atoms with van der Waals surface area (Å²) in [7, 11) is 2.06. The number of benzene rings is 1. The first-order valence-electron chi connectivity index (χ1n) is 8.84. The van der Waals surface area contributed by atoms with Crippen LogP contribution >= 0.6 is 0 Å². The molecule has 3 aromatic rings. The normalized spacial score (nSPS) is 11.8. The van der Waals surface area contributed by atoms with E-state index < -0.39 is 0 Å². The molecule has 0 spiro atoms. The Morgan fingerprint density at radius 1 is 1.30 bits per heavy atom. The van der Waals surface area contributed by atoms with Crippen LogP contribution in [0.5, 0.6) is 5.75 Å². The molecule has 0 bridgehead atoms. The zero-order chi connectivity index (χ0) is 19.4. The molecule has 0 saturated heterocycles. The Morgan fingerprint density at radius 3 is 2.81 bits per heavy atom. The number of rotatable bonds is 7.